The molecule has 4 rings (SSSR count). The van der Waals surface area contributed by atoms with Crippen molar-refractivity contribution >= 4 is 56.5 Å². The number of alkyl halides is 3. The van der Waals surface area contributed by atoms with Crippen molar-refractivity contribution in [3.05, 3.63) is 81.4 Å². The maximum atomic E-state index is 12.9. The van der Waals surface area contributed by atoms with Crippen LogP contribution in [0.5, 0.6) is 0 Å². The molecule has 2 amide bonds. The minimum atomic E-state index is -4.55. The van der Waals surface area contributed by atoms with Crippen LogP contribution < -0.4 is 10.6 Å². The molecule has 0 radical (unpaired) electrons. The van der Waals surface area contributed by atoms with Gasteiger partial charge in [-0.05, 0) is 48.9 Å². The van der Waals surface area contributed by atoms with Gasteiger partial charge in [-0.2, -0.15) is 13.2 Å². The van der Waals surface area contributed by atoms with Gasteiger partial charge in [0, 0.05) is 16.9 Å². The maximum Gasteiger partial charge on any atom is 0.416 e. The van der Waals surface area contributed by atoms with Crippen LogP contribution >= 0.6 is 22.9 Å². The van der Waals surface area contributed by atoms with Crippen molar-refractivity contribution in [3.8, 4) is 0 Å². The number of hydrogen-bond acceptors (Lipinski definition) is 5. The Kier molecular flexibility index (Phi) is 6.05. The molecule has 0 atom stereocenters. The fourth-order valence-corrected chi connectivity index (χ4v) is 3.95. The summed E-state index contributed by atoms with van der Waals surface area (Å²) in [6.07, 6.45) is -3.16. The number of aromatic nitrogens is 2. The first-order valence-corrected chi connectivity index (χ1v) is 10.6. The summed E-state index contributed by atoms with van der Waals surface area (Å²) in [5.41, 5.74) is 0.904. The second-order valence-corrected chi connectivity index (χ2v) is 8.43. The highest BCUT2D eigenvalue weighted by Crippen LogP contribution is 2.30. The molecule has 4 aromatic rings. The number of amides is 2. The summed E-state index contributed by atoms with van der Waals surface area (Å²) in [6.45, 7) is 1.77. The number of anilines is 2. The van der Waals surface area contributed by atoms with E-state index < -0.39 is 23.6 Å². The molecule has 2 aromatic heterocycles. The normalized spacial score (nSPS) is 11.4. The standard InChI is InChI=1S/C22H14ClF3N4O2S/c1-11-5-6-14(28-19(31)12-3-2-4-13(7-12)22(24,25)26)8-15(11)30-20(32)17-9-16-21(33-17)27-10-18(23)29-16/h2-10H,1H3,(H,28,31)(H,30,32). The van der Waals surface area contributed by atoms with Crippen LogP contribution in [0.3, 0.4) is 0 Å². The molecule has 0 spiro atoms. The van der Waals surface area contributed by atoms with Crippen LogP contribution in [0.1, 0.15) is 31.2 Å². The predicted molar refractivity (Wildman–Crippen MR) is 121 cm³/mol. The molecule has 0 aliphatic carbocycles. The molecule has 6 nitrogen and oxygen atoms in total. The summed E-state index contributed by atoms with van der Waals surface area (Å²) in [5.74, 6) is -1.11. The highest BCUT2D eigenvalue weighted by molar-refractivity contribution is 7.20. The van der Waals surface area contributed by atoms with Gasteiger partial charge in [0.2, 0.25) is 0 Å². The van der Waals surface area contributed by atoms with Gasteiger partial charge in [0.15, 0.2) is 0 Å². The predicted octanol–water partition coefficient (Wildman–Crippen LogP) is 6.18. The monoisotopic (exact) mass is 490 g/mol. The van der Waals surface area contributed by atoms with Gasteiger partial charge in [-0.3, -0.25) is 9.59 Å². The Bertz CT molecular complexity index is 1390. The van der Waals surface area contributed by atoms with E-state index in [-0.39, 0.29) is 10.7 Å². The molecule has 2 heterocycles. The molecular weight excluding hydrogens is 477 g/mol. The Morgan fingerprint density at radius 2 is 1.82 bits per heavy atom. The SMILES string of the molecule is Cc1ccc(NC(=O)c2cccc(C(F)(F)F)c2)cc1NC(=O)c1cc2nc(Cl)cnc2s1. The number of benzene rings is 2. The zero-order valence-corrected chi connectivity index (χ0v) is 18.4. The molecule has 2 N–H and O–H groups in total. The number of carbonyl (C=O) groups excluding carboxylic acids is 2. The number of thiophene rings is 1. The Hall–Kier alpha value is -3.50. The smallest absolute Gasteiger partial charge is 0.322 e. The maximum absolute atomic E-state index is 12.9. The van der Waals surface area contributed by atoms with Crippen LogP contribution in [0, 0.1) is 6.92 Å². The van der Waals surface area contributed by atoms with E-state index in [0.29, 0.717) is 26.6 Å². The first-order chi connectivity index (χ1) is 15.6. The minimum absolute atomic E-state index is 0.139. The molecule has 2 aromatic carbocycles. The summed E-state index contributed by atoms with van der Waals surface area (Å²) in [6, 6.07) is 10.5. The van der Waals surface area contributed by atoms with E-state index in [4.69, 9.17) is 11.6 Å². The Balaban J connectivity index is 1.52. The third-order valence-electron chi connectivity index (χ3n) is 4.63. The van der Waals surface area contributed by atoms with Gasteiger partial charge in [0.25, 0.3) is 11.8 Å². The zero-order valence-electron chi connectivity index (χ0n) is 16.8. The fraction of sp³-hybridized carbons (Fsp3) is 0.0909. The Morgan fingerprint density at radius 1 is 1.03 bits per heavy atom. The van der Waals surface area contributed by atoms with E-state index in [1.54, 1.807) is 25.1 Å². The number of carbonyl (C=O) groups is 2. The molecule has 0 bridgehead atoms. The molecule has 0 saturated heterocycles. The summed E-state index contributed by atoms with van der Waals surface area (Å²) in [7, 11) is 0. The molecule has 0 fully saturated rings. The first-order valence-electron chi connectivity index (χ1n) is 9.43. The zero-order chi connectivity index (χ0) is 23.8. The molecular formula is C22H14ClF3N4O2S. The van der Waals surface area contributed by atoms with Crippen molar-refractivity contribution in [1.82, 2.24) is 9.97 Å². The Labute approximate surface area is 194 Å². The summed E-state index contributed by atoms with van der Waals surface area (Å²) in [5, 5.41) is 5.54. The van der Waals surface area contributed by atoms with Gasteiger partial charge < -0.3 is 10.6 Å². The van der Waals surface area contributed by atoms with E-state index >= 15 is 0 Å². The second-order valence-electron chi connectivity index (χ2n) is 7.01. The average molecular weight is 491 g/mol. The highest BCUT2D eigenvalue weighted by atomic mass is 35.5. The topological polar surface area (TPSA) is 84.0 Å². The van der Waals surface area contributed by atoms with Crippen molar-refractivity contribution in [2.75, 3.05) is 10.6 Å². The van der Waals surface area contributed by atoms with Crippen molar-refractivity contribution in [2.24, 2.45) is 0 Å². The van der Waals surface area contributed by atoms with E-state index in [1.807, 2.05) is 0 Å². The van der Waals surface area contributed by atoms with Crippen LogP contribution in [0.15, 0.2) is 54.7 Å². The number of aryl methyl sites for hydroxylation is 1. The van der Waals surface area contributed by atoms with Crippen LogP contribution in [-0.2, 0) is 6.18 Å². The quantitative estimate of drug-likeness (QED) is 0.358. The molecule has 0 aliphatic rings. The highest BCUT2D eigenvalue weighted by Gasteiger charge is 2.30. The first kappa shape index (κ1) is 22.7. The molecule has 168 valence electrons. The number of nitrogens with zero attached hydrogens (tertiary/aromatic N) is 2. The van der Waals surface area contributed by atoms with Gasteiger partial charge in [-0.15, -0.1) is 11.3 Å². The molecule has 0 unspecified atom stereocenters. The molecule has 0 aliphatic heterocycles. The van der Waals surface area contributed by atoms with Crippen LogP contribution in [-0.4, -0.2) is 21.8 Å². The van der Waals surface area contributed by atoms with Crippen LogP contribution in [0.4, 0.5) is 24.5 Å². The van der Waals surface area contributed by atoms with E-state index in [9.17, 15) is 22.8 Å². The van der Waals surface area contributed by atoms with Gasteiger partial charge in [-0.25, -0.2) is 9.97 Å². The van der Waals surface area contributed by atoms with Gasteiger partial charge in [0.1, 0.15) is 15.5 Å². The van der Waals surface area contributed by atoms with E-state index in [2.05, 4.69) is 20.6 Å². The van der Waals surface area contributed by atoms with Crippen LogP contribution in [0.2, 0.25) is 5.15 Å². The lowest BCUT2D eigenvalue weighted by molar-refractivity contribution is -0.137. The Morgan fingerprint density at radius 3 is 2.58 bits per heavy atom. The second kappa shape index (κ2) is 8.80. The molecule has 33 heavy (non-hydrogen) atoms. The number of halogens is 4. The van der Waals surface area contributed by atoms with Gasteiger partial charge in [-0.1, -0.05) is 23.7 Å². The van der Waals surface area contributed by atoms with Gasteiger partial charge >= 0.3 is 6.18 Å². The third-order valence-corrected chi connectivity index (χ3v) is 5.84. The number of rotatable bonds is 4. The lowest BCUT2D eigenvalue weighted by Crippen LogP contribution is -2.15. The van der Waals surface area contributed by atoms with E-state index in [0.717, 1.165) is 29.0 Å². The largest absolute Gasteiger partial charge is 0.416 e. The van der Waals surface area contributed by atoms with Crippen molar-refractivity contribution in [3.63, 3.8) is 0 Å². The number of hydrogen-bond donors (Lipinski definition) is 2. The lowest BCUT2D eigenvalue weighted by atomic mass is 10.1. The van der Waals surface area contributed by atoms with E-state index in [1.165, 1.54) is 24.4 Å². The summed E-state index contributed by atoms with van der Waals surface area (Å²) >= 11 is 6.98. The van der Waals surface area contributed by atoms with Crippen molar-refractivity contribution < 1.29 is 22.8 Å². The van der Waals surface area contributed by atoms with Crippen molar-refractivity contribution in [2.45, 2.75) is 13.1 Å². The minimum Gasteiger partial charge on any atom is -0.322 e. The summed E-state index contributed by atoms with van der Waals surface area (Å²) in [4.78, 5) is 34.4. The molecule has 0 saturated carbocycles. The average Bonchev–Trinajstić information content (AvgIpc) is 3.19. The van der Waals surface area contributed by atoms with Gasteiger partial charge in [0.05, 0.1) is 16.6 Å². The third kappa shape index (κ3) is 5.12. The number of nitrogens with one attached hydrogen (secondary N) is 2. The summed E-state index contributed by atoms with van der Waals surface area (Å²) < 4.78 is 38.8. The fourth-order valence-electron chi connectivity index (χ4n) is 2.97. The lowest BCUT2D eigenvalue weighted by Gasteiger charge is -2.12. The van der Waals surface area contributed by atoms with Crippen molar-refractivity contribution in [1.29, 1.82) is 0 Å². The number of fused-ring (bicyclic) bond motifs is 1. The molecule has 11 heteroatoms. The van der Waals surface area contributed by atoms with Crippen LogP contribution in [0.25, 0.3) is 10.3 Å².